The van der Waals surface area contributed by atoms with Crippen LogP contribution in [0.2, 0.25) is 0 Å². The molecule has 4 aromatic heterocycles. The highest BCUT2D eigenvalue weighted by Gasteiger charge is 2.52. The molecule has 3 aliphatic rings. The molecule has 12 aromatic carbocycles. The van der Waals surface area contributed by atoms with Gasteiger partial charge in [-0.2, -0.15) is 0 Å². The summed E-state index contributed by atoms with van der Waals surface area (Å²) in [5.74, 6) is 3.83. The van der Waals surface area contributed by atoms with Crippen molar-refractivity contribution in [1.29, 1.82) is 0 Å². The second-order valence-corrected chi connectivity index (χ2v) is 26.6. The molecular formula is C82H50N6S2. The predicted octanol–water partition coefficient (Wildman–Crippen LogP) is 21.1. The lowest BCUT2D eigenvalue weighted by molar-refractivity contribution is 0.660. The van der Waals surface area contributed by atoms with Crippen molar-refractivity contribution in [1.82, 2.24) is 29.9 Å². The fraction of sp³-hybridized carbons (Fsp3) is 0.0488. The normalized spacial score (nSPS) is 13.6. The Balaban J connectivity index is 0.689. The van der Waals surface area contributed by atoms with E-state index in [9.17, 15) is 0 Å². The molecule has 0 saturated carbocycles. The van der Waals surface area contributed by atoms with Crippen LogP contribution in [0.3, 0.4) is 0 Å². The SMILES string of the molecule is CC1(C)c2ccccc2-c2ccc(-c3nc(-c4ccc(-c5ccc6sc7cc(-c8nc(-c9ccccc9)nc(-c9cccc%10c9-c9ccccc9C%109c%10ccccc%10-c%10ccccc%109)n8)ccc7c6c5)cc4)nc(-c4ccc5sc6ccccc6c5c4)n3)cc21. The number of rotatable bonds is 7. The Morgan fingerprint density at radius 1 is 0.233 bits per heavy atom. The van der Waals surface area contributed by atoms with Crippen LogP contribution < -0.4 is 0 Å². The molecule has 16 aromatic rings. The Morgan fingerprint density at radius 3 is 1.33 bits per heavy atom. The lowest BCUT2D eigenvalue weighted by Gasteiger charge is -2.30. The first-order chi connectivity index (χ1) is 44.3. The molecule has 6 nitrogen and oxygen atoms in total. The first-order valence-electron chi connectivity index (χ1n) is 30.6. The highest BCUT2D eigenvalue weighted by Crippen LogP contribution is 2.64. The molecule has 0 N–H and O–H groups in total. The number of hydrogen-bond acceptors (Lipinski definition) is 8. The van der Waals surface area contributed by atoms with Gasteiger partial charge in [0.2, 0.25) is 0 Å². The third-order valence-corrected chi connectivity index (χ3v) is 21.5. The zero-order valence-corrected chi connectivity index (χ0v) is 50.5. The molecule has 0 saturated heterocycles. The van der Waals surface area contributed by atoms with Gasteiger partial charge in [-0.25, -0.2) is 29.9 Å². The first kappa shape index (κ1) is 51.2. The molecule has 8 heteroatoms. The number of benzene rings is 12. The van der Waals surface area contributed by atoms with Gasteiger partial charge in [0.15, 0.2) is 34.9 Å². The van der Waals surface area contributed by atoms with Gasteiger partial charge >= 0.3 is 0 Å². The molecule has 1 spiro atoms. The van der Waals surface area contributed by atoms with Gasteiger partial charge in [-0.05, 0) is 126 Å². The van der Waals surface area contributed by atoms with Gasteiger partial charge in [0.05, 0.1) is 5.41 Å². The minimum Gasteiger partial charge on any atom is -0.208 e. The van der Waals surface area contributed by atoms with Crippen LogP contribution in [-0.4, -0.2) is 29.9 Å². The van der Waals surface area contributed by atoms with Crippen molar-refractivity contribution < 1.29 is 0 Å². The summed E-state index contributed by atoms with van der Waals surface area (Å²) >= 11 is 3.61. The summed E-state index contributed by atoms with van der Waals surface area (Å²) in [6, 6.07) is 96.7. The van der Waals surface area contributed by atoms with Gasteiger partial charge in [0.1, 0.15) is 0 Å². The Hall–Kier alpha value is -10.9. The van der Waals surface area contributed by atoms with E-state index in [1.807, 2.05) is 29.5 Å². The highest BCUT2D eigenvalue weighted by molar-refractivity contribution is 7.26. The summed E-state index contributed by atoms with van der Waals surface area (Å²) in [6.45, 7) is 4.63. The van der Waals surface area contributed by atoms with Gasteiger partial charge in [-0.15, -0.1) is 22.7 Å². The fourth-order valence-electron chi connectivity index (χ4n) is 15.1. The van der Waals surface area contributed by atoms with Crippen LogP contribution in [0.15, 0.2) is 267 Å². The fourth-order valence-corrected chi connectivity index (χ4v) is 17.3. The Kier molecular flexibility index (Phi) is 11.0. The summed E-state index contributed by atoms with van der Waals surface area (Å²) in [7, 11) is 0. The highest BCUT2D eigenvalue weighted by atomic mass is 32.1. The Bertz CT molecular complexity index is 5680. The van der Waals surface area contributed by atoms with Gasteiger partial charge in [-0.3, -0.25) is 0 Å². The van der Waals surface area contributed by atoms with Crippen molar-refractivity contribution in [3.05, 3.63) is 300 Å². The van der Waals surface area contributed by atoms with Gasteiger partial charge in [0.25, 0.3) is 0 Å². The van der Waals surface area contributed by atoms with Crippen LogP contribution >= 0.6 is 22.7 Å². The smallest absolute Gasteiger partial charge is 0.164 e. The van der Waals surface area contributed by atoms with E-state index in [-0.39, 0.29) is 5.41 Å². The van der Waals surface area contributed by atoms with E-state index in [4.69, 9.17) is 29.9 Å². The average molecular weight is 1180 g/mol. The number of nitrogens with zero attached hydrogens (tertiary/aromatic N) is 6. The third-order valence-electron chi connectivity index (χ3n) is 19.2. The van der Waals surface area contributed by atoms with Crippen molar-refractivity contribution in [3.63, 3.8) is 0 Å². The molecule has 19 rings (SSSR count). The number of thiophene rings is 2. The van der Waals surface area contributed by atoms with Crippen LogP contribution in [0.25, 0.3) is 153 Å². The van der Waals surface area contributed by atoms with E-state index in [1.165, 1.54) is 96.8 Å². The standard InChI is InChI=1S/C82H50N6S2/c1-81(2)64-25-11-6-19-54(64)57-39-35-52(45-69(57)81)78-85-76(84-77(86-78)51-38-42-71-63(44-51)58-22-10-15-30-70(58)89-71)49-33-31-47(32-34-49)50-37-41-72-62(43-50)59-40-36-53(46-73(59)90-72)79-83-75(48-17-4-3-5-18-48)87-80(88-79)61-24-16-29-68-74(61)60-23-9-14-28-67(60)82(68)65-26-12-7-20-55(65)56-21-8-13-27-66(56)82/h3-46H,1-2H3. The van der Waals surface area contributed by atoms with Crippen LogP contribution in [0, 0.1) is 0 Å². The molecule has 0 unspecified atom stereocenters. The molecule has 0 bridgehead atoms. The van der Waals surface area contributed by atoms with Crippen molar-refractivity contribution in [3.8, 4) is 113 Å². The third kappa shape index (κ3) is 7.49. The van der Waals surface area contributed by atoms with E-state index in [2.05, 4.69) is 263 Å². The molecule has 0 fully saturated rings. The van der Waals surface area contributed by atoms with Crippen LogP contribution in [0.4, 0.5) is 0 Å². The Morgan fingerprint density at radius 2 is 0.644 bits per heavy atom. The van der Waals surface area contributed by atoms with E-state index >= 15 is 0 Å². The zero-order valence-electron chi connectivity index (χ0n) is 48.9. The zero-order chi connectivity index (χ0) is 59.4. The summed E-state index contributed by atoms with van der Waals surface area (Å²) < 4.78 is 4.88. The maximum Gasteiger partial charge on any atom is 0.164 e. The second-order valence-electron chi connectivity index (χ2n) is 24.4. The summed E-state index contributed by atoms with van der Waals surface area (Å²) in [4.78, 5) is 31.9. The lowest BCUT2D eigenvalue weighted by Crippen LogP contribution is -2.25. The molecule has 4 heterocycles. The molecule has 0 amide bonds. The molecular weight excluding hydrogens is 1130 g/mol. The van der Waals surface area contributed by atoms with Crippen LogP contribution in [-0.2, 0) is 10.8 Å². The lowest BCUT2D eigenvalue weighted by atomic mass is 9.70. The van der Waals surface area contributed by atoms with Crippen molar-refractivity contribution in [2.45, 2.75) is 24.7 Å². The van der Waals surface area contributed by atoms with E-state index in [0.29, 0.717) is 34.9 Å². The maximum absolute atomic E-state index is 5.45. The van der Waals surface area contributed by atoms with Gasteiger partial charge < -0.3 is 0 Å². The van der Waals surface area contributed by atoms with E-state index in [1.54, 1.807) is 11.3 Å². The van der Waals surface area contributed by atoms with Crippen molar-refractivity contribution >= 4 is 63.0 Å². The average Bonchev–Trinajstić information content (AvgIpc) is 1.51. The number of fused-ring (bicyclic) bond motifs is 19. The number of aromatic nitrogens is 6. The summed E-state index contributed by atoms with van der Waals surface area (Å²) in [5, 5.41) is 4.84. The van der Waals surface area contributed by atoms with Crippen LogP contribution in [0.1, 0.15) is 47.2 Å². The molecule has 3 aliphatic carbocycles. The van der Waals surface area contributed by atoms with Crippen molar-refractivity contribution in [2.75, 3.05) is 0 Å². The summed E-state index contributed by atoms with van der Waals surface area (Å²) in [5.41, 5.74) is 22.5. The van der Waals surface area contributed by atoms with E-state index in [0.717, 1.165) is 54.8 Å². The topological polar surface area (TPSA) is 77.3 Å². The molecule has 0 radical (unpaired) electrons. The first-order valence-corrected chi connectivity index (χ1v) is 32.2. The molecule has 0 atom stereocenters. The number of hydrogen-bond donors (Lipinski definition) is 0. The van der Waals surface area contributed by atoms with Gasteiger partial charge in [0, 0.05) is 79.1 Å². The molecule has 90 heavy (non-hydrogen) atoms. The quantitative estimate of drug-likeness (QED) is 0.158. The minimum atomic E-state index is -0.485. The summed E-state index contributed by atoms with van der Waals surface area (Å²) in [6.07, 6.45) is 0. The minimum absolute atomic E-state index is 0.169. The van der Waals surface area contributed by atoms with Gasteiger partial charge in [-0.1, -0.05) is 232 Å². The van der Waals surface area contributed by atoms with Crippen molar-refractivity contribution in [2.24, 2.45) is 0 Å². The Labute approximate surface area is 527 Å². The predicted molar refractivity (Wildman–Crippen MR) is 371 cm³/mol. The molecule has 420 valence electrons. The van der Waals surface area contributed by atoms with Crippen LogP contribution in [0.5, 0.6) is 0 Å². The monoisotopic (exact) mass is 1180 g/mol. The largest absolute Gasteiger partial charge is 0.208 e. The van der Waals surface area contributed by atoms with E-state index < -0.39 is 5.41 Å². The maximum atomic E-state index is 5.45. The molecule has 0 aliphatic heterocycles. The second kappa shape index (κ2) is 19.3.